The first kappa shape index (κ1) is 20.5. The Morgan fingerprint density at radius 1 is 1.07 bits per heavy atom. The SMILES string of the molecule is COCC1(C(=O)N2CCN(C(=O)COc3ccc(F)cc3)CC2)CCNCC1. The number of nitrogens with zero attached hydrogens (tertiary/aromatic N) is 2. The molecule has 0 radical (unpaired) electrons. The van der Waals surface area contributed by atoms with Crippen LogP contribution in [0.4, 0.5) is 4.39 Å². The van der Waals surface area contributed by atoms with Gasteiger partial charge < -0.3 is 24.6 Å². The molecule has 8 heteroatoms. The summed E-state index contributed by atoms with van der Waals surface area (Å²) in [6, 6.07) is 5.57. The van der Waals surface area contributed by atoms with Crippen LogP contribution in [0.5, 0.6) is 5.75 Å². The Bertz CT molecular complexity index is 663. The van der Waals surface area contributed by atoms with Gasteiger partial charge in [-0.1, -0.05) is 0 Å². The molecule has 2 aliphatic heterocycles. The Labute approximate surface area is 164 Å². The largest absolute Gasteiger partial charge is 0.484 e. The smallest absolute Gasteiger partial charge is 0.260 e. The number of methoxy groups -OCH3 is 1. The Morgan fingerprint density at radius 3 is 2.29 bits per heavy atom. The van der Waals surface area contributed by atoms with E-state index in [-0.39, 0.29) is 24.2 Å². The molecule has 0 spiro atoms. The van der Waals surface area contributed by atoms with Crippen molar-refractivity contribution in [1.82, 2.24) is 15.1 Å². The van der Waals surface area contributed by atoms with Gasteiger partial charge in [0.05, 0.1) is 12.0 Å². The van der Waals surface area contributed by atoms with E-state index >= 15 is 0 Å². The molecular formula is C20H28FN3O4. The molecule has 2 saturated heterocycles. The average Bonchev–Trinajstić information content (AvgIpc) is 2.73. The number of carbonyl (C=O) groups excluding carboxylic acids is 2. The fourth-order valence-corrected chi connectivity index (χ4v) is 3.86. The van der Waals surface area contributed by atoms with Gasteiger partial charge in [-0.25, -0.2) is 4.39 Å². The second-order valence-electron chi connectivity index (χ2n) is 7.38. The van der Waals surface area contributed by atoms with E-state index in [1.807, 2.05) is 4.90 Å². The highest BCUT2D eigenvalue weighted by Gasteiger charge is 2.43. The van der Waals surface area contributed by atoms with Gasteiger partial charge in [0.25, 0.3) is 5.91 Å². The summed E-state index contributed by atoms with van der Waals surface area (Å²) in [5.74, 6) is 0.103. The molecule has 2 aliphatic rings. The predicted octanol–water partition coefficient (Wildman–Crippen LogP) is 0.892. The van der Waals surface area contributed by atoms with E-state index in [9.17, 15) is 14.0 Å². The van der Waals surface area contributed by atoms with Gasteiger partial charge in [-0.15, -0.1) is 0 Å². The number of halogens is 1. The summed E-state index contributed by atoms with van der Waals surface area (Å²) in [5.41, 5.74) is -0.460. The maximum atomic E-state index is 13.1. The van der Waals surface area contributed by atoms with E-state index in [1.165, 1.54) is 24.3 Å². The molecule has 7 nitrogen and oxygen atoms in total. The zero-order chi connectivity index (χ0) is 20.0. The summed E-state index contributed by atoms with van der Waals surface area (Å²) in [7, 11) is 1.63. The van der Waals surface area contributed by atoms with Crippen LogP contribution in [0.2, 0.25) is 0 Å². The maximum absolute atomic E-state index is 13.1. The van der Waals surface area contributed by atoms with Crippen molar-refractivity contribution >= 4 is 11.8 Å². The molecule has 1 N–H and O–H groups in total. The maximum Gasteiger partial charge on any atom is 0.260 e. The average molecular weight is 393 g/mol. The summed E-state index contributed by atoms with van der Waals surface area (Å²) in [6.45, 7) is 3.96. The van der Waals surface area contributed by atoms with Crippen LogP contribution in [0.1, 0.15) is 12.8 Å². The molecule has 0 unspecified atom stereocenters. The first-order valence-electron chi connectivity index (χ1n) is 9.69. The van der Waals surface area contributed by atoms with Crippen LogP contribution in [-0.4, -0.2) is 81.2 Å². The van der Waals surface area contributed by atoms with Crippen LogP contribution < -0.4 is 10.1 Å². The quantitative estimate of drug-likeness (QED) is 0.777. The summed E-state index contributed by atoms with van der Waals surface area (Å²) < 4.78 is 23.7. The van der Waals surface area contributed by atoms with Gasteiger partial charge in [-0.05, 0) is 50.2 Å². The Morgan fingerprint density at radius 2 is 1.68 bits per heavy atom. The Balaban J connectivity index is 1.49. The van der Waals surface area contributed by atoms with Crippen LogP contribution in [-0.2, 0) is 14.3 Å². The molecule has 2 amide bonds. The van der Waals surface area contributed by atoms with Crippen molar-refractivity contribution in [2.45, 2.75) is 12.8 Å². The van der Waals surface area contributed by atoms with E-state index in [0.29, 0.717) is 38.5 Å². The number of benzene rings is 1. The molecule has 0 aliphatic carbocycles. The lowest BCUT2D eigenvalue weighted by Crippen LogP contribution is -2.57. The van der Waals surface area contributed by atoms with Gasteiger partial charge in [-0.3, -0.25) is 9.59 Å². The number of amides is 2. The van der Waals surface area contributed by atoms with Crippen molar-refractivity contribution in [2.24, 2.45) is 5.41 Å². The lowest BCUT2D eigenvalue weighted by Gasteiger charge is -2.42. The minimum absolute atomic E-state index is 0.0984. The van der Waals surface area contributed by atoms with Crippen molar-refractivity contribution in [3.05, 3.63) is 30.1 Å². The van der Waals surface area contributed by atoms with E-state index < -0.39 is 5.41 Å². The lowest BCUT2D eigenvalue weighted by molar-refractivity contribution is -0.152. The van der Waals surface area contributed by atoms with Gasteiger partial charge in [0.1, 0.15) is 11.6 Å². The molecule has 1 aromatic carbocycles. The van der Waals surface area contributed by atoms with Crippen LogP contribution in [0, 0.1) is 11.2 Å². The van der Waals surface area contributed by atoms with Crippen LogP contribution >= 0.6 is 0 Å². The number of hydrogen-bond acceptors (Lipinski definition) is 5. The van der Waals surface area contributed by atoms with Gasteiger partial charge in [0, 0.05) is 33.3 Å². The van der Waals surface area contributed by atoms with Crippen molar-refractivity contribution < 1.29 is 23.5 Å². The number of ether oxygens (including phenoxy) is 2. The van der Waals surface area contributed by atoms with E-state index in [2.05, 4.69) is 5.32 Å². The number of piperazine rings is 1. The van der Waals surface area contributed by atoms with E-state index in [4.69, 9.17) is 9.47 Å². The first-order valence-corrected chi connectivity index (χ1v) is 9.69. The highest BCUT2D eigenvalue weighted by molar-refractivity contribution is 5.84. The second kappa shape index (κ2) is 9.34. The monoisotopic (exact) mass is 393 g/mol. The van der Waals surface area contributed by atoms with E-state index in [0.717, 1.165) is 25.9 Å². The number of rotatable bonds is 6. The van der Waals surface area contributed by atoms with Crippen molar-refractivity contribution in [2.75, 3.05) is 59.6 Å². The second-order valence-corrected chi connectivity index (χ2v) is 7.38. The summed E-state index contributed by atoms with van der Waals surface area (Å²) in [4.78, 5) is 29.1. The fourth-order valence-electron chi connectivity index (χ4n) is 3.86. The van der Waals surface area contributed by atoms with Crippen LogP contribution in [0.15, 0.2) is 24.3 Å². The number of hydrogen-bond donors (Lipinski definition) is 1. The minimum Gasteiger partial charge on any atom is -0.484 e. The molecule has 2 heterocycles. The third kappa shape index (κ3) is 4.80. The first-order chi connectivity index (χ1) is 13.5. The zero-order valence-electron chi connectivity index (χ0n) is 16.3. The van der Waals surface area contributed by atoms with Crippen molar-refractivity contribution in [3.63, 3.8) is 0 Å². The lowest BCUT2D eigenvalue weighted by atomic mass is 9.78. The molecule has 154 valence electrons. The predicted molar refractivity (Wildman–Crippen MR) is 101 cm³/mol. The number of carbonyl (C=O) groups is 2. The molecule has 2 fully saturated rings. The number of nitrogens with one attached hydrogen (secondary N) is 1. The van der Waals surface area contributed by atoms with Gasteiger partial charge >= 0.3 is 0 Å². The summed E-state index contributed by atoms with van der Waals surface area (Å²) in [6.07, 6.45) is 1.54. The molecule has 1 aromatic rings. The van der Waals surface area contributed by atoms with Crippen LogP contribution in [0.3, 0.4) is 0 Å². The van der Waals surface area contributed by atoms with Gasteiger partial charge in [0.15, 0.2) is 6.61 Å². The molecular weight excluding hydrogens is 365 g/mol. The molecule has 3 rings (SSSR count). The standard InChI is InChI=1S/C20H28FN3O4/c1-27-15-20(6-8-22-9-7-20)19(26)24-12-10-23(11-13-24)18(25)14-28-17-4-2-16(21)3-5-17/h2-5,22H,6-15H2,1H3. The van der Waals surface area contributed by atoms with Gasteiger partial charge in [-0.2, -0.15) is 0 Å². The summed E-state index contributed by atoms with van der Waals surface area (Å²) in [5, 5.41) is 3.29. The zero-order valence-corrected chi connectivity index (χ0v) is 16.3. The highest BCUT2D eigenvalue weighted by Crippen LogP contribution is 2.32. The number of piperidine rings is 1. The van der Waals surface area contributed by atoms with E-state index in [1.54, 1.807) is 12.0 Å². The molecule has 0 bridgehead atoms. The molecule has 0 atom stereocenters. The van der Waals surface area contributed by atoms with Crippen molar-refractivity contribution in [1.29, 1.82) is 0 Å². The molecule has 0 aromatic heterocycles. The van der Waals surface area contributed by atoms with Gasteiger partial charge in [0.2, 0.25) is 5.91 Å². The Hall–Kier alpha value is -2.19. The fraction of sp³-hybridized carbons (Fsp3) is 0.600. The minimum atomic E-state index is -0.460. The topological polar surface area (TPSA) is 71.1 Å². The third-order valence-corrected chi connectivity index (χ3v) is 5.53. The summed E-state index contributed by atoms with van der Waals surface area (Å²) >= 11 is 0. The van der Waals surface area contributed by atoms with Crippen LogP contribution in [0.25, 0.3) is 0 Å². The normalized spacial score (nSPS) is 19.4. The molecule has 0 saturated carbocycles. The highest BCUT2D eigenvalue weighted by atomic mass is 19.1. The molecule has 28 heavy (non-hydrogen) atoms. The van der Waals surface area contributed by atoms with Crippen molar-refractivity contribution in [3.8, 4) is 5.75 Å². The third-order valence-electron chi connectivity index (χ3n) is 5.53. The Kier molecular flexibility index (Phi) is 6.85.